The number of aryl methyl sites for hydroxylation is 1. The van der Waals surface area contributed by atoms with Crippen LogP contribution in [0.5, 0.6) is 0 Å². The van der Waals surface area contributed by atoms with Gasteiger partial charge in [0.05, 0.1) is 18.1 Å². The fourth-order valence-corrected chi connectivity index (χ4v) is 2.75. The van der Waals surface area contributed by atoms with Crippen molar-refractivity contribution in [3.8, 4) is 0 Å². The summed E-state index contributed by atoms with van der Waals surface area (Å²) in [6, 6.07) is 0. The molecule has 0 saturated carbocycles. The summed E-state index contributed by atoms with van der Waals surface area (Å²) in [7, 11) is 0. The van der Waals surface area contributed by atoms with E-state index in [0.29, 0.717) is 21.5 Å². The lowest BCUT2D eigenvalue weighted by molar-refractivity contribution is -0.133. The highest BCUT2D eigenvalue weighted by Gasteiger charge is 2.16. The first-order valence-corrected chi connectivity index (χ1v) is 6.34. The van der Waals surface area contributed by atoms with Crippen molar-refractivity contribution in [2.75, 3.05) is 12.4 Å². The maximum absolute atomic E-state index is 11.4. The molecule has 1 heterocycles. The maximum atomic E-state index is 11.4. The molecule has 7 heteroatoms. The summed E-state index contributed by atoms with van der Waals surface area (Å²) in [4.78, 5) is 26.3. The first kappa shape index (κ1) is 13.0. The molecule has 0 fully saturated rings. The second kappa shape index (κ2) is 5.86. The largest absolute Gasteiger partial charge is 0.481 e. The van der Waals surface area contributed by atoms with Crippen LogP contribution in [-0.2, 0) is 9.53 Å². The third-order valence-electron chi connectivity index (χ3n) is 1.56. The Morgan fingerprint density at radius 1 is 1.56 bits per heavy atom. The predicted octanol–water partition coefficient (Wildman–Crippen LogP) is 1.80. The molecule has 88 valence electrons. The predicted molar refractivity (Wildman–Crippen MR) is 61.2 cm³/mol. The lowest BCUT2D eigenvalue weighted by Gasteiger charge is -1.97. The number of carboxylic acids is 1. The minimum Gasteiger partial charge on any atom is -0.481 e. The Morgan fingerprint density at radius 3 is 2.81 bits per heavy atom. The third-order valence-corrected chi connectivity index (χ3v) is 3.82. The Kier molecular flexibility index (Phi) is 4.75. The van der Waals surface area contributed by atoms with Gasteiger partial charge in [-0.15, -0.1) is 11.3 Å². The number of hydrogen-bond donors (Lipinski definition) is 1. The number of carbonyl (C=O) groups is 2. The van der Waals surface area contributed by atoms with E-state index >= 15 is 0 Å². The Labute approximate surface area is 101 Å². The molecule has 1 aromatic heterocycles. The monoisotopic (exact) mass is 261 g/mol. The minimum absolute atomic E-state index is 0.0603. The standard InChI is InChI=1S/C9H11NO4S2/c1-3-14-8(13)7-5(2)10-9(16-7)15-4-6(11)12/h3-4H2,1-2H3,(H,11,12). The zero-order valence-corrected chi connectivity index (χ0v) is 10.5. The number of thiazole rings is 1. The van der Waals surface area contributed by atoms with E-state index in [1.807, 2.05) is 0 Å². The number of aromatic nitrogens is 1. The van der Waals surface area contributed by atoms with Crippen LogP contribution in [-0.4, -0.2) is 34.4 Å². The van der Waals surface area contributed by atoms with Crippen molar-refractivity contribution in [3.63, 3.8) is 0 Å². The maximum Gasteiger partial charge on any atom is 0.350 e. The highest BCUT2D eigenvalue weighted by atomic mass is 32.2. The van der Waals surface area contributed by atoms with Gasteiger partial charge in [-0.05, 0) is 13.8 Å². The van der Waals surface area contributed by atoms with Crippen LogP contribution in [0.25, 0.3) is 0 Å². The minimum atomic E-state index is -0.907. The first-order valence-electron chi connectivity index (χ1n) is 4.53. The lowest BCUT2D eigenvalue weighted by atomic mass is 10.4. The van der Waals surface area contributed by atoms with Crippen LogP contribution in [0.15, 0.2) is 4.34 Å². The van der Waals surface area contributed by atoms with E-state index in [2.05, 4.69) is 4.98 Å². The Bertz CT molecular complexity index is 402. The summed E-state index contributed by atoms with van der Waals surface area (Å²) in [5.74, 6) is -1.37. The Morgan fingerprint density at radius 2 is 2.25 bits per heavy atom. The van der Waals surface area contributed by atoms with Crippen molar-refractivity contribution in [2.24, 2.45) is 0 Å². The van der Waals surface area contributed by atoms with Crippen LogP contribution in [0, 0.1) is 6.92 Å². The SMILES string of the molecule is CCOC(=O)c1sc(SCC(=O)O)nc1C. The molecular weight excluding hydrogens is 250 g/mol. The van der Waals surface area contributed by atoms with Crippen molar-refractivity contribution in [1.29, 1.82) is 0 Å². The molecule has 0 aromatic carbocycles. The molecule has 0 aliphatic heterocycles. The van der Waals surface area contributed by atoms with Crippen LogP contribution in [0.4, 0.5) is 0 Å². The summed E-state index contributed by atoms with van der Waals surface area (Å²) in [5, 5.41) is 8.51. The molecule has 0 aliphatic rings. The van der Waals surface area contributed by atoms with E-state index in [-0.39, 0.29) is 5.75 Å². The quantitative estimate of drug-likeness (QED) is 0.643. The van der Waals surface area contributed by atoms with E-state index < -0.39 is 11.9 Å². The molecule has 0 aliphatic carbocycles. The first-order chi connectivity index (χ1) is 7.54. The zero-order chi connectivity index (χ0) is 12.1. The van der Waals surface area contributed by atoms with Gasteiger partial charge in [-0.25, -0.2) is 9.78 Å². The number of esters is 1. The number of rotatable bonds is 5. The van der Waals surface area contributed by atoms with Crippen molar-refractivity contribution in [3.05, 3.63) is 10.6 Å². The molecule has 1 aromatic rings. The normalized spacial score (nSPS) is 10.1. The molecular formula is C9H11NO4S2. The molecule has 1 N–H and O–H groups in total. The van der Waals surface area contributed by atoms with E-state index in [1.165, 1.54) is 0 Å². The molecule has 0 saturated heterocycles. The van der Waals surface area contributed by atoms with Gasteiger partial charge in [-0.3, -0.25) is 4.79 Å². The fourth-order valence-electron chi connectivity index (χ4n) is 0.943. The second-order valence-electron chi connectivity index (χ2n) is 2.80. The van der Waals surface area contributed by atoms with Crippen LogP contribution in [0.3, 0.4) is 0 Å². The number of carbonyl (C=O) groups excluding carboxylic acids is 1. The number of carboxylic acid groups (broad SMARTS) is 1. The van der Waals surface area contributed by atoms with E-state index in [1.54, 1.807) is 13.8 Å². The molecule has 0 spiro atoms. The van der Waals surface area contributed by atoms with Gasteiger partial charge in [0.2, 0.25) is 0 Å². The van der Waals surface area contributed by atoms with E-state index in [0.717, 1.165) is 23.1 Å². The van der Waals surface area contributed by atoms with Gasteiger partial charge in [-0.2, -0.15) is 0 Å². The molecule has 5 nitrogen and oxygen atoms in total. The van der Waals surface area contributed by atoms with Crippen LogP contribution in [0.1, 0.15) is 22.3 Å². The molecule has 0 unspecified atom stereocenters. The zero-order valence-electron chi connectivity index (χ0n) is 8.85. The van der Waals surface area contributed by atoms with Gasteiger partial charge in [-0.1, -0.05) is 11.8 Å². The molecule has 0 radical (unpaired) electrons. The van der Waals surface area contributed by atoms with Crippen molar-refractivity contribution >= 4 is 35.0 Å². The number of aliphatic carboxylic acids is 1. The van der Waals surface area contributed by atoms with Crippen LogP contribution in [0.2, 0.25) is 0 Å². The van der Waals surface area contributed by atoms with Crippen molar-refractivity contribution in [2.45, 2.75) is 18.2 Å². The second-order valence-corrected chi connectivity index (χ2v) is 5.02. The smallest absolute Gasteiger partial charge is 0.350 e. The summed E-state index contributed by atoms with van der Waals surface area (Å²) in [6.45, 7) is 3.75. The van der Waals surface area contributed by atoms with Crippen molar-refractivity contribution in [1.82, 2.24) is 4.98 Å². The van der Waals surface area contributed by atoms with Gasteiger partial charge in [0.1, 0.15) is 4.88 Å². The Hall–Kier alpha value is -1.08. The van der Waals surface area contributed by atoms with Gasteiger partial charge >= 0.3 is 11.9 Å². The average molecular weight is 261 g/mol. The summed E-state index contributed by atoms with van der Waals surface area (Å²) in [5.41, 5.74) is 0.580. The van der Waals surface area contributed by atoms with Gasteiger partial charge < -0.3 is 9.84 Å². The molecule has 16 heavy (non-hydrogen) atoms. The number of thioether (sulfide) groups is 1. The third kappa shape index (κ3) is 3.49. The highest BCUT2D eigenvalue weighted by molar-refractivity contribution is 8.01. The fraction of sp³-hybridized carbons (Fsp3) is 0.444. The lowest BCUT2D eigenvalue weighted by Crippen LogP contribution is -2.03. The summed E-state index contributed by atoms with van der Waals surface area (Å²) in [6.07, 6.45) is 0. The van der Waals surface area contributed by atoms with Crippen LogP contribution >= 0.6 is 23.1 Å². The molecule has 0 atom stereocenters. The van der Waals surface area contributed by atoms with Gasteiger partial charge in [0, 0.05) is 0 Å². The van der Waals surface area contributed by atoms with Gasteiger partial charge in [0.15, 0.2) is 4.34 Å². The number of hydrogen-bond acceptors (Lipinski definition) is 6. The van der Waals surface area contributed by atoms with Gasteiger partial charge in [0.25, 0.3) is 0 Å². The molecule has 0 amide bonds. The summed E-state index contributed by atoms with van der Waals surface area (Å²) >= 11 is 2.26. The van der Waals surface area contributed by atoms with E-state index in [4.69, 9.17) is 9.84 Å². The Balaban J connectivity index is 2.73. The summed E-state index contributed by atoms with van der Waals surface area (Å²) < 4.78 is 5.43. The molecule has 0 bridgehead atoms. The van der Waals surface area contributed by atoms with E-state index in [9.17, 15) is 9.59 Å². The number of ether oxygens (including phenoxy) is 1. The van der Waals surface area contributed by atoms with Crippen LogP contribution < -0.4 is 0 Å². The highest BCUT2D eigenvalue weighted by Crippen LogP contribution is 2.27. The molecule has 1 rings (SSSR count). The topological polar surface area (TPSA) is 76.5 Å². The van der Waals surface area contributed by atoms with Crippen molar-refractivity contribution < 1.29 is 19.4 Å². The average Bonchev–Trinajstić information content (AvgIpc) is 2.57. The number of nitrogens with zero attached hydrogens (tertiary/aromatic N) is 1.